The van der Waals surface area contributed by atoms with Gasteiger partial charge in [0.05, 0.1) is 19.8 Å². The molecule has 1 fully saturated rings. The zero-order valence-corrected chi connectivity index (χ0v) is 11.0. The molecule has 0 aliphatic carbocycles. The normalized spacial score (nSPS) is 18.1. The second-order valence-corrected chi connectivity index (χ2v) is 4.48. The average Bonchev–Trinajstić information content (AvgIpc) is 3.15. The van der Waals surface area contributed by atoms with E-state index in [4.69, 9.17) is 9.47 Å². The second-order valence-electron chi connectivity index (χ2n) is 4.48. The molecule has 0 bridgehead atoms. The minimum absolute atomic E-state index is 0.0871. The number of pyridine rings is 1. The number of nitrogens with zero attached hydrogens (tertiary/aromatic N) is 4. The van der Waals surface area contributed by atoms with Gasteiger partial charge in [-0.05, 0) is 18.6 Å². The number of carbonyl (C=O) groups is 1. The summed E-state index contributed by atoms with van der Waals surface area (Å²) < 4.78 is 11.9. The topological polar surface area (TPSA) is 79.1 Å². The van der Waals surface area contributed by atoms with Gasteiger partial charge in [-0.25, -0.2) is 9.48 Å². The minimum atomic E-state index is -0.498. The van der Waals surface area contributed by atoms with Crippen molar-refractivity contribution in [3.05, 3.63) is 30.2 Å². The van der Waals surface area contributed by atoms with Crippen LogP contribution in [0.3, 0.4) is 0 Å². The van der Waals surface area contributed by atoms with Crippen molar-refractivity contribution in [2.75, 3.05) is 20.3 Å². The Morgan fingerprint density at radius 2 is 2.25 bits per heavy atom. The van der Waals surface area contributed by atoms with Crippen molar-refractivity contribution in [1.29, 1.82) is 0 Å². The first-order chi connectivity index (χ1) is 9.81. The average molecular weight is 274 g/mol. The molecule has 0 aromatic carbocycles. The van der Waals surface area contributed by atoms with E-state index in [1.165, 1.54) is 7.11 Å². The van der Waals surface area contributed by atoms with Crippen molar-refractivity contribution >= 4 is 5.97 Å². The summed E-state index contributed by atoms with van der Waals surface area (Å²) in [5, 5.41) is 8.08. The Morgan fingerprint density at radius 1 is 1.45 bits per heavy atom. The standard InChI is InChI=1S/C13H14N4O3/c1-19-13(18)11-12(9-2-5-14-6-3-9)17(16-15-11)10-4-7-20-8-10/h2-3,5-6,10H,4,7-8H2,1H3. The molecule has 2 aromatic heterocycles. The Hall–Kier alpha value is -2.28. The summed E-state index contributed by atoms with van der Waals surface area (Å²) in [5.74, 6) is -0.498. The van der Waals surface area contributed by atoms with Gasteiger partial charge in [0.2, 0.25) is 0 Å². The number of rotatable bonds is 3. The highest BCUT2D eigenvalue weighted by Crippen LogP contribution is 2.28. The third-order valence-electron chi connectivity index (χ3n) is 3.28. The third-order valence-corrected chi connectivity index (χ3v) is 3.28. The van der Waals surface area contributed by atoms with Gasteiger partial charge in [0.25, 0.3) is 0 Å². The first-order valence-corrected chi connectivity index (χ1v) is 6.33. The van der Waals surface area contributed by atoms with Crippen molar-refractivity contribution in [1.82, 2.24) is 20.0 Å². The van der Waals surface area contributed by atoms with Crippen LogP contribution in [0.25, 0.3) is 11.3 Å². The Bertz CT molecular complexity index is 605. The van der Waals surface area contributed by atoms with E-state index in [2.05, 4.69) is 15.3 Å². The van der Waals surface area contributed by atoms with Crippen LogP contribution in [-0.2, 0) is 9.47 Å². The molecule has 2 aromatic rings. The lowest BCUT2D eigenvalue weighted by Crippen LogP contribution is -2.13. The van der Waals surface area contributed by atoms with Crippen LogP contribution in [0.15, 0.2) is 24.5 Å². The number of carbonyl (C=O) groups excluding carboxylic acids is 1. The Kier molecular flexibility index (Phi) is 3.42. The molecule has 0 spiro atoms. The Morgan fingerprint density at radius 3 is 2.90 bits per heavy atom. The van der Waals surface area contributed by atoms with E-state index in [1.54, 1.807) is 17.1 Å². The van der Waals surface area contributed by atoms with Crippen LogP contribution in [0.2, 0.25) is 0 Å². The number of esters is 1. The fraction of sp³-hybridized carbons (Fsp3) is 0.385. The summed E-state index contributed by atoms with van der Waals surface area (Å²) in [6.07, 6.45) is 4.18. The summed E-state index contributed by atoms with van der Waals surface area (Å²) in [6.45, 7) is 1.26. The molecule has 3 heterocycles. The summed E-state index contributed by atoms with van der Waals surface area (Å²) in [5.41, 5.74) is 1.69. The molecule has 0 amide bonds. The van der Waals surface area contributed by atoms with Gasteiger partial charge >= 0.3 is 5.97 Å². The zero-order chi connectivity index (χ0) is 13.9. The molecular formula is C13H14N4O3. The van der Waals surface area contributed by atoms with E-state index in [-0.39, 0.29) is 11.7 Å². The van der Waals surface area contributed by atoms with E-state index in [0.29, 0.717) is 18.9 Å². The maximum absolute atomic E-state index is 11.9. The summed E-state index contributed by atoms with van der Waals surface area (Å²) in [6, 6.07) is 3.72. The van der Waals surface area contributed by atoms with E-state index >= 15 is 0 Å². The van der Waals surface area contributed by atoms with E-state index in [1.807, 2.05) is 12.1 Å². The van der Waals surface area contributed by atoms with Crippen LogP contribution in [0.1, 0.15) is 23.0 Å². The van der Waals surface area contributed by atoms with Gasteiger partial charge < -0.3 is 9.47 Å². The van der Waals surface area contributed by atoms with Crippen LogP contribution in [0.5, 0.6) is 0 Å². The van der Waals surface area contributed by atoms with Crippen molar-refractivity contribution in [2.45, 2.75) is 12.5 Å². The highest BCUT2D eigenvalue weighted by molar-refractivity contribution is 5.94. The fourth-order valence-corrected chi connectivity index (χ4v) is 2.28. The lowest BCUT2D eigenvalue weighted by atomic mass is 10.1. The van der Waals surface area contributed by atoms with Crippen molar-refractivity contribution in [3.8, 4) is 11.3 Å². The summed E-state index contributed by atoms with van der Waals surface area (Å²) in [7, 11) is 1.33. The lowest BCUT2D eigenvalue weighted by molar-refractivity contribution is 0.0595. The highest BCUT2D eigenvalue weighted by Gasteiger charge is 2.27. The lowest BCUT2D eigenvalue weighted by Gasteiger charge is -2.12. The number of ether oxygens (including phenoxy) is 2. The largest absolute Gasteiger partial charge is 0.464 e. The van der Waals surface area contributed by atoms with Crippen molar-refractivity contribution < 1.29 is 14.3 Å². The predicted molar refractivity (Wildman–Crippen MR) is 69.1 cm³/mol. The molecule has 104 valence electrons. The monoisotopic (exact) mass is 274 g/mol. The fourth-order valence-electron chi connectivity index (χ4n) is 2.28. The van der Waals surface area contributed by atoms with Gasteiger partial charge in [0.1, 0.15) is 5.69 Å². The minimum Gasteiger partial charge on any atom is -0.464 e. The maximum Gasteiger partial charge on any atom is 0.360 e. The number of hydrogen-bond acceptors (Lipinski definition) is 6. The first-order valence-electron chi connectivity index (χ1n) is 6.33. The van der Waals surface area contributed by atoms with Gasteiger partial charge in [0, 0.05) is 24.6 Å². The molecular weight excluding hydrogens is 260 g/mol. The molecule has 1 aliphatic rings. The molecule has 3 rings (SSSR count). The van der Waals surface area contributed by atoms with E-state index < -0.39 is 5.97 Å². The van der Waals surface area contributed by atoms with Crippen LogP contribution in [-0.4, -0.2) is 46.3 Å². The van der Waals surface area contributed by atoms with Crippen LogP contribution >= 0.6 is 0 Å². The summed E-state index contributed by atoms with van der Waals surface area (Å²) in [4.78, 5) is 15.8. The molecule has 20 heavy (non-hydrogen) atoms. The number of methoxy groups -OCH3 is 1. The van der Waals surface area contributed by atoms with Gasteiger partial charge in [-0.1, -0.05) is 5.21 Å². The van der Waals surface area contributed by atoms with Gasteiger partial charge in [-0.15, -0.1) is 5.10 Å². The molecule has 0 radical (unpaired) electrons. The van der Waals surface area contributed by atoms with E-state index in [0.717, 1.165) is 12.0 Å². The Balaban J connectivity index is 2.11. The molecule has 1 unspecified atom stereocenters. The number of hydrogen-bond donors (Lipinski definition) is 0. The molecule has 7 nitrogen and oxygen atoms in total. The van der Waals surface area contributed by atoms with Crippen molar-refractivity contribution in [3.63, 3.8) is 0 Å². The molecule has 7 heteroatoms. The molecule has 1 saturated heterocycles. The maximum atomic E-state index is 11.9. The summed E-state index contributed by atoms with van der Waals surface area (Å²) >= 11 is 0. The van der Waals surface area contributed by atoms with Gasteiger partial charge in [-0.3, -0.25) is 4.98 Å². The van der Waals surface area contributed by atoms with Crippen LogP contribution < -0.4 is 0 Å². The Labute approximate surface area is 115 Å². The second kappa shape index (κ2) is 5.38. The third kappa shape index (κ3) is 2.16. The molecule has 1 atom stereocenters. The molecule has 0 saturated carbocycles. The van der Waals surface area contributed by atoms with Crippen LogP contribution in [0, 0.1) is 0 Å². The smallest absolute Gasteiger partial charge is 0.360 e. The first kappa shape index (κ1) is 12.7. The predicted octanol–water partition coefficient (Wildman–Crippen LogP) is 1.09. The highest BCUT2D eigenvalue weighted by atomic mass is 16.5. The SMILES string of the molecule is COC(=O)c1nnn(C2CCOC2)c1-c1ccncc1. The molecule has 0 N–H and O–H groups in total. The zero-order valence-electron chi connectivity index (χ0n) is 11.0. The van der Waals surface area contributed by atoms with Crippen LogP contribution in [0.4, 0.5) is 0 Å². The van der Waals surface area contributed by atoms with Crippen molar-refractivity contribution in [2.24, 2.45) is 0 Å². The quantitative estimate of drug-likeness (QED) is 0.779. The number of aromatic nitrogens is 4. The molecule has 1 aliphatic heterocycles. The van der Waals surface area contributed by atoms with E-state index in [9.17, 15) is 4.79 Å². The van der Waals surface area contributed by atoms with Gasteiger partial charge in [0.15, 0.2) is 5.69 Å². The van der Waals surface area contributed by atoms with Gasteiger partial charge in [-0.2, -0.15) is 0 Å².